The lowest BCUT2D eigenvalue weighted by Crippen LogP contribution is -2.50. The van der Waals surface area contributed by atoms with E-state index in [2.05, 4.69) is 25.7 Å². The molecule has 0 bridgehead atoms. The van der Waals surface area contributed by atoms with Crippen LogP contribution in [0.15, 0.2) is 0 Å². The van der Waals surface area contributed by atoms with Gasteiger partial charge in [-0.2, -0.15) is 0 Å². The fourth-order valence-corrected chi connectivity index (χ4v) is 4.18. The first-order valence-electron chi connectivity index (χ1n) is 8.61. The van der Waals surface area contributed by atoms with Crippen LogP contribution < -0.4 is 5.73 Å². The molecule has 1 saturated carbocycles. The topological polar surface area (TPSA) is 29.3 Å². The fourth-order valence-electron chi connectivity index (χ4n) is 4.18. The van der Waals surface area contributed by atoms with E-state index >= 15 is 0 Å². The number of nitrogens with two attached hydrogens (primary N) is 1. The predicted molar refractivity (Wildman–Crippen MR) is 83.1 cm³/mol. The Labute approximate surface area is 120 Å². The lowest BCUT2D eigenvalue weighted by molar-refractivity contribution is 0.0967. The fraction of sp³-hybridized carbons (Fsp3) is 1.00. The largest absolute Gasteiger partial charge is 0.327 e. The van der Waals surface area contributed by atoms with Gasteiger partial charge in [0.2, 0.25) is 0 Å². The average Bonchev–Trinajstić information content (AvgIpc) is 2.65. The van der Waals surface area contributed by atoms with Gasteiger partial charge in [-0.3, -0.25) is 4.90 Å². The van der Waals surface area contributed by atoms with Gasteiger partial charge in [0.15, 0.2) is 0 Å². The molecule has 2 aliphatic rings. The van der Waals surface area contributed by atoms with E-state index in [-0.39, 0.29) is 0 Å². The van der Waals surface area contributed by atoms with E-state index in [0.717, 1.165) is 23.8 Å². The Kier molecular flexibility index (Phi) is 5.70. The molecular weight excluding hydrogens is 232 g/mol. The Morgan fingerprint density at radius 1 is 1.11 bits per heavy atom. The zero-order chi connectivity index (χ0) is 13.8. The molecule has 2 N–H and O–H groups in total. The molecule has 0 radical (unpaired) electrons. The van der Waals surface area contributed by atoms with Gasteiger partial charge >= 0.3 is 0 Å². The number of nitrogens with zero attached hydrogens (tertiary/aromatic N) is 1. The molecule has 0 amide bonds. The third-order valence-electron chi connectivity index (χ3n) is 5.79. The SMILES string of the molecule is CCC1CN(C2CCCC(C(C)C)CC2)CCC1N. The summed E-state index contributed by atoms with van der Waals surface area (Å²) in [6, 6.07) is 1.31. The van der Waals surface area contributed by atoms with E-state index < -0.39 is 0 Å². The third kappa shape index (κ3) is 3.95. The van der Waals surface area contributed by atoms with Gasteiger partial charge in [0.1, 0.15) is 0 Å². The second kappa shape index (κ2) is 7.08. The normalized spacial score (nSPS) is 38.4. The zero-order valence-electron chi connectivity index (χ0n) is 13.3. The Hall–Kier alpha value is -0.0800. The molecule has 2 nitrogen and oxygen atoms in total. The smallest absolute Gasteiger partial charge is 0.00955 e. The summed E-state index contributed by atoms with van der Waals surface area (Å²) in [4.78, 5) is 2.78. The van der Waals surface area contributed by atoms with E-state index in [0.29, 0.717) is 6.04 Å². The maximum atomic E-state index is 6.25. The summed E-state index contributed by atoms with van der Waals surface area (Å²) in [5.41, 5.74) is 6.25. The summed E-state index contributed by atoms with van der Waals surface area (Å²) in [6.07, 6.45) is 9.65. The molecule has 4 unspecified atom stereocenters. The first-order valence-corrected chi connectivity index (χ1v) is 8.61. The minimum Gasteiger partial charge on any atom is -0.327 e. The number of piperidine rings is 1. The zero-order valence-corrected chi connectivity index (χ0v) is 13.3. The summed E-state index contributed by atoms with van der Waals surface area (Å²) < 4.78 is 0. The van der Waals surface area contributed by atoms with Crippen LogP contribution in [0.25, 0.3) is 0 Å². The molecule has 1 saturated heterocycles. The highest BCUT2D eigenvalue weighted by Gasteiger charge is 2.31. The quantitative estimate of drug-likeness (QED) is 0.790. The molecule has 19 heavy (non-hydrogen) atoms. The Balaban J connectivity index is 1.88. The second-order valence-electron chi connectivity index (χ2n) is 7.28. The molecule has 1 aliphatic carbocycles. The van der Waals surface area contributed by atoms with Gasteiger partial charge in [-0.15, -0.1) is 0 Å². The Morgan fingerprint density at radius 2 is 1.89 bits per heavy atom. The van der Waals surface area contributed by atoms with E-state index in [1.165, 1.54) is 58.0 Å². The van der Waals surface area contributed by atoms with E-state index in [4.69, 9.17) is 5.73 Å². The molecule has 2 rings (SSSR count). The molecule has 4 atom stereocenters. The highest BCUT2D eigenvalue weighted by molar-refractivity contribution is 4.87. The summed E-state index contributed by atoms with van der Waals surface area (Å²) in [6.45, 7) is 9.61. The summed E-state index contributed by atoms with van der Waals surface area (Å²) in [5, 5.41) is 0. The van der Waals surface area contributed by atoms with Crippen molar-refractivity contribution < 1.29 is 0 Å². The van der Waals surface area contributed by atoms with Gasteiger partial charge in [-0.05, 0) is 50.0 Å². The summed E-state index contributed by atoms with van der Waals surface area (Å²) in [5.74, 6) is 2.58. The average molecular weight is 266 g/mol. The molecule has 2 heteroatoms. The first kappa shape index (κ1) is 15.3. The molecule has 112 valence electrons. The number of rotatable bonds is 3. The maximum absolute atomic E-state index is 6.25. The monoisotopic (exact) mass is 266 g/mol. The van der Waals surface area contributed by atoms with Crippen molar-refractivity contribution in [3.05, 3.63) is 0 Å². The molecule has 1 aliphatic heterocycles. The molecule has 1 heterocycles. The first-order chi connectivity index (χ1) is 9.11. The molecular formula is C17H34N2. The van der Waals surface area contributed by atoms with E-state index in [1.807, 2.05) is 0 Å². The molecule has 0 aromatic heterocycles. The summed E-state index contributed by atoms with van der Waals surface area (Å²) in [7, 11) is 0. The van der Waals surface area contributed by atoms with Crippen LogP contribution in [0.4, 0.5) is 0 Å². The van der Waals surface area contributed by atoms with Gasteiger partial charge in [0.05, 0.1) is 0 Å². The van der Waals surface area contributed by atoms with Gasteiger partial charge in [-0.1, -0.05) is 40.0 Å². The number of hydrogen-bond acceptors (Lipinski definition) is 2. The van der Waals surface area contributed by atoms with Crippen molar-refractivity contribution in [2.75, 3.05) is 13.1 Å². The van der Waals surface area contributed by atoms with Crippen molar-refractivity contribution >= 4 is 0 Å². The second-order valence-corrected chi connectivity index (χ2v) is 7.28. The molecule has 0 spiro atoms. The van der Waals surface area contributed by atoms with Crippen LogP contribution in [-0.2, 0) is 0 Å². The lowest BCUT2D eigenvalue weighted by atomic mass is 9.88. The van der Waals surface area contributed by atoms with Crippen molar-refractivity contribution in [3.63, 3.8) is 0 Å². The predicted octanol–water partition coefficient (Wildman–Crippen LogP) is 3.65. The van der Waals surface area contributed by atoms with Gasteiger partial charge in [0.25, 0.3) is 0 Å². The molecule has 0 aromatic rings. The van der Waals surface area contributed by atoms with Crippen LogP contribution in [0.1, 0.15) is 65.7 Å². The van der Waals surface area contributed by atoms with Crippen LogP contribution in [0.3, 0.4) is 0 Å². The summed E-state index contributed by atoms with van der Waals surface area (Å²) >= 11 is 0. The maximum Gasteiger partial charge on any atom is 0.00955 e. The molecule has 2 fully saturated rings. The van der Waals surface area contributed by atoms with E-state index in [1.54, 1.807) is 0 Å². The van der Waals surface area contributed by atoms with Gasteiger partial charge < -0.3 is 5.73 Å². The van der Waals surface area contributed by atoms with Crippen molar-refractivity contribution in [3.8, 4) is 0 Å². The van der Waals surface area contributed by atoms with Crippen molar-refractivity contribution in [1.29, 1.82) is 0 Å². The highest BCUT2D eigenvalue weighted by atomic mass is 15.2. The Morgan fingerprint density at radius 3 is 2.58 bits per heavy atom. The van der Waals surface area contributed by atoms with Crippen LogP contribution >= 0.6 is 0 Å². The van der Waals surface area contributed by atoms with Crippen molar-refractivity contribution in [2.24, 2.45) is 23.5 Å². The van der Waals surface area contributed by atoms with Gasteiger partial charge in [-0.25, -0.2) is 0 Å². The van der Waals surface area contributed by atoms with Crippen LogP contribution in [0, 0.1) is 17.8 Å². The highest BCUT2D eigenvalue weighted by Crippen LogP contribution is 2.32. The minimum absolute atomic E-state index is 0.454. The minimum atomic E-state index is 0.454. The van der Waals surface area contributed by atoms with Crippen LogP contribution in [0.5, 0.6) is 0 Å². The third-order valence-corrected chi connectivity index (χ3v) is 5.79. The lowest BCUT2D eigenvalue weighted by Gasteiger charge is -2.41. The van der Waals surface area contributed by atoms with E-state index in [9.17, 15) is 0 Å². The van der Waals surface area contributed by atoms with Crippen LogP contribution in [0.2, 0.25) is 0 Å². The number of hydrogen-bond donors (Lipinski definition) is 1. The van der Waals surface area contributed by atoms with Crippen molar-refractivity contribution in [1.82, 2.24) is 4.90 Å². The van der Waals surface area contributed by atoms with Gasteiger partial charge in [0, 0.05) is 18.6 Å². The Bertz CT molecular complexity index is 264. The molecule has 0 aromatic carbocycles. The number of likely N-dealkylation sites (tertiary alicyclic amines) is 1. The van der Waals surface area contributed by atoms with Crippen molar-refractivity contribution in [2.45, 2.75) is 77.8 Å². The van der Waals surface area contributed by atoms with Crippen LogP contribution in [-0.4, -0.2) is 30.1 Å². The standard InChI is InChI=1S/C17H34N2/c1-4-14-12-19(11-10-17(14)18)16-7-5-6-15(8-9-16)13(2)3/h13-17H,4-12,18H2,1-3H3.